The Balaban J connectivity index is 2.48. The van der Waals surface area contributed by atoms with Crippen molar-refractivity contribution in [3.05, 3.63) is 16.6 Å². The minimum absolute atomic E-state index is 0.117. The Morgan fingerprint density at radius 3 is 2.53 bits per heavy atom. The van der Waals surface area contributed by atoms with Gasteiger partial charge in [0.25, 0.3) is 5.19 Å². The van der Waals surface area contributed by atoms with Crippen molar-refractivity contribution in [2.24, 2.45) is 0 Å². The van der Waals surface area contributed by atoms with Crippen LogP contribution in [0.4, 0.5) is 0 Å². The number of ether oxygens (including phenoxy) is 2. The molecule has 0 bridgehead atoms. The Labute approximate surface area is 126 Å². The number of fused-ring (bicyclic) bond motifs is 1. The molecule has 1 aromatic carbocycles. The lowest BCUT2D eigenvalue weighted by Gasteiger charge is -2.21. The first kappa shape index (κ1) is 14.6. The Kier molecular flexibility index (Phi) is 4.06. The maximum atomic E-state index is 5.96. The highest BCUT2D eigenvalue weighted by molar-refractivity contribution is 9.10. The maximum absolute atomic E-state index is 5.96. The van der Waals surface area contributed by atoms with Crippen LogP contribution in [0.15, 0.2) is 16.6 Å². The van der Waals surface area contributed by atoms with Crippen molar-refractivity contribution in [2.75, 3.05) is 0 Å². The second-order valence-electron chi connectivity index (χ2n) is 5.58. The standard InChI is InChI=1S/C14H18BrNO2S/c1-8(2)17-13-16-11-10(18-14(3,4)5)7-6-9(15)12(11)19-13/h6-8H,1-5H3. The number of aromatic nitrogens is 1. The van der Waals surface area contributed by atoms with Gasteiger partial charge in [-0.1, -0.05) is 11.3 Å². The highest BCUT2D eigenvalue weighted by Gasteiger charge is 2.18. The summed E-state index contributed by atoms with van der Waals surface area (Å²) < 4.78 is 13.7. The van der Waals surface area contributed by atoms with Gasteiger partial charge in [0.05, 0.1) is 10.8 Å². The van der Waals surface area contributed by atoms with Gasteiger partial charge in [-0.2, -0.15) is 4.98 Å². The number of nitrogens with zero attached hydrogens (tertiary/aromatic N) is 1. The van der Waals surface area contributed by atoms with Gasteiger partial charge in [-0.3, -0.25) is 0 Å². The molecule has 0 unspecified atom stereocenters. The fourth-order valence-electron chi connectivity index (χ4n) is 1.60. The van der Waals surface area contributed by atoms with Gasteiger partial charge in [0.15, 0.2) is 0 Å². The van der Waals surface area contributed by atoms with Crippen molar-refractivity contribution in [2.45, 2.75) is 46.3 Å². The van der Waals surface area contributed by atoms with Crippen molar-refractivity contribution >= 4 is 37.5 Å². The van der Waals surface area contributed by atoms with E-state index in [-0.39, 0.29) is 11.7 Å². The molecule has 5 heteroatoms. The van der Waals surface area contributed by atoms with Gasteiger partial charge in [-0.25, -0.2) is 0 Å². The minimum Gasteiger partial charge on any atom is -0.486 e. The van der Waals surface area contributed by atoms with Crippen LogP contribution < -0.4 is 9.47 Å². The van der Waals surface area contributed by atoms with Crippen LogP contribution in [-0.4, -0.2) is 16.7 Å². The molecule has 2 aromatic rings. The van der Waals surface area contributed by atoms with Gasteiger partial charge in [-0.15, -0.1) is 0 Å². The molecule has 0 aliphatic carbocycles. The zero-order valence-electron chi connectivity index (χ0n) is 11.8. The third-order valence-electron chi connectivity index (χ3n) is 2.19. The SMILES string of the molecule is CC(C)Oc1nc2c(OC(C)(C)C)ccc(Br)c2s1. The quantitative estimate of drug-likeness (QED) is 0.783. The van der Waals surface area contributed by atoms with Crippen LogP contribution in [-0.2, 0) is 0 Å². The normalized spacial score (nSPS) is 12.2. The Hall–Kier alpha value is -0.810. The number of thiazole rings is 1. The van der Waals surface area contributed by atoms with Crippen molar-refractivity contribution in [3.63, 3.8) is 0 Å². The molecule has 3 nitrogen and oxygen atoms in total. The second kappa shape index (κ2) is 5.29. The number of rotatable bonds is 3. The lowest BCUT2D eigenvalue weighted by Crippen LogP contribution is -2.23. The van der Waals surface area contributed by atoms with E-state index >= 15 is 0 Å². The topological polar surface area (TPSA) is 31.4 Å². The molecule has 0 fully saturated rings. The molecule has 0 aliphatic rings. The summed E-state index contributed by atoms with van der Waals surface area (Å²) in [6.07, 6.45) is 0.117. The summed E-state index contributed by atoms with van der Waals surface area (Å²) in [5, 5.41) is 0.677. The van der Waals surface area contributed by atoms with E-state index in [1.807, 2.05) is 46.8 Å². The Bertz CT molecular complexity index is 587. The minimum atomic E-state index is -0.247. The summed E-state index contributed by atoms with van der Waals surface area (Å²) >= 11 is 5.08. The van der Waals surface area contributed by atoms with Crippen LogP contribution >= 0.6 is 27.3 Å². The van der Waals surface area contributed by atoms with E-state index in [0.717, 1.165) is 20.4 Å². The molecule has 0 saturated heterocycles. The van der Waals surface area contributed by atoms with Crippen LogP contribution in [0.2, 0.25) is 0 Å². The predicted molar refractivity (Wildman–Crippen MR) is 83.5 cm³/mol. The maximum Gasteiger partial charge on any atom is 0.274 e. The van der Waals surface area contributed by atoms with Gasteiger partial charge in [-0.05, 0) is 62.7 Å². The summed E-state index contributed by atoms with van der Waals surface area (Å²) in [6.45, 7) is 10.1. The van der Waals surface area contributed by atoms with Gasteiger partial charge in [0.2, 0.25) is 0 Å². The van der Waals surface area contributed by atoms with Crippen molar-refractivity contribution in [1.82, 2.24) is 4.98 Å². The first-order chi connectivity index (χ1) is 8.76. The van der Waals surface area contributed by atoms with Crippen molar-refractivity contribution < 1.29 is 9.47 Å². The zero-order chi connectivity index (χ0) is 14.2. The van der Waals surface area contributed by atoms with Crippen LogP contribution in [0.5, 0.6) is 10.9 Å². The molecular formula is C14H18BrNO2S. The van der Waals surface area contributed by atoms with Crippen LogP contribution in [0, 0.1) is 0 Å². The fourth-order valence-corrected chi connectivity index (χ4v) is 3.12. The largest absolute Gasteiger partial charge is 0.486 e. The van der Waals surface area contributed by atoms with Gasteiger partial charge in [0, 0.05) is 4.47 Å². The monoisotopic (exact) mass is 343 g/mol. The van der Waals surface area contributed by atoms with Crippen LogP contribution in [0.25, 0.3) is 10.2 Å². The van der Waals surface area contributed by atoms with E-state index in [9.17, 15) is 0 Å². The number of halogens is 1. The van der Waals surface area contributed by atoms with Crippen molar-refractivity contribution in [1.29, 1.82) is 0 Å². The van der Waals surface area contributed by atoms with E-state index < -0.39 is 0 Å². The molecule has 0 amide bonds. The molecule has 0 radical (unpaired) electrons. The first-order valence-corrected chi connectivity index (χ1v) is 7.82. The van der Waals surface area contributed by atoms with Gasteiger partial charge < -0.3 is 9.47 Å². The molecule has 0 spiro atoms. The first-order valence-electron chi connectivity index (χ1n) is 6.21. The number of benzene rings is 1. The fraction of sp³-hybridized carbons (Fsp3) is 0.500. The molecule has 104 valence electrons. The lowest BCUT2D eigenvalue weighted by atomic mass is 10.2. The molecule has 0 N–H and O–H groups in total. The van der Waals surface area contributed by atoms with E-state index in [2.05, 4.69) is 20.9 Å². The van der Waals surface area contributed by atoms with Gasteiger partial charge >= 0.3 is 0 Å². The summed E-state index contributed by atoms with van der Waals surface area (Å²) in [5.74, 6) is 0.792. The average Bonchev–Trinajstić information content (AvgIpc) is 2.64. The van der Waals surface area contributed by atoms with E-state index in [1.165, 1.54) is 11.3 Å². The molecule has 0 atom stereocenters. The number of hydrogen-bond donors (Lipinski definition) is 0. The highest BCUT2D eigenvalue weighted by Crippen LogP contribution is 2.39. The van der Waals surface area contributed by atoms with E-state index in [4.69, 9.17) is 9.47 Å². The summed E-state index contributed by atoms with van der Waals surface area (Å²) in [5.41, 5.74) is 0.605. The molecule has 0 saturated carbocycles. The summed E-state index contributed by atoms with van der Waals surface area (Å²) in [4.78, 5) is 4.54. The van der Waals surface area contributed by atoms with Gasteiger partial charge in [0.1, 0.15) is 16.9 Å². The zero-order valence-corrected chi connectivity index (χ0v) is 14.2. The lowest BCUT2D eigenvalue weighted by molar-refractivity contribution is 0.133. The predicted octanol–water partition coefficient (Wildman–Crippen LogP) is 5.02. The summed E-state index contributed by atoms with van der Waals surface area (Å²) in [7, 11) is 0. The molecule has 2 rings (SSSR count). The van der Waals surface area contributed by atoms with E-state index in [0.29, 0.717) is 5.19 Å². The second-order valence-corrected chi connectivity index (χ2v) is 7.40. The molecule has 1 heterocycles. The smallest absolute Gasteiger partial charge is 0.274 e. The third-order valence-corrected chi connectivity index (χ3v) is 4.09. The molecular weight excluding hydrogens is 326 g/mol. The number of hydrogen-bond acceptors (Lipinski definition) is 4. The van der Waals surface area contributed by atoms with Crippen molar-refractivity contribution in [3.8, 4) is 10.9 Å². The third kappa shape index (κ3) is 3.60. The molecule has 0 aliphatic heterocycles. The van der Waals surface area contributed by atoms with E-state index in [1.54, 1.807) is 0 Å². The molecule has 19 heavy (non-hydrogen) atoms. The van der Waals surface area contributed by atoms with Crippen LogP contribution in [0.3, 0.4) is 0 Å². The Morgan fingerprint density at radius 1 is 1.26 bits per heavy atom. The average molecular weight is 344 g/mol. The summed E-state index contributed by atoms with van der Waals surface area (Å²) in [6, 6.07) is 3.93. The molecule has 1 aromatic heterocycles. The highest BCUT2D eigenvalue weighted by atomic mass is 79.9. The Morgan fingerprint density at radius 2 is 1.95 bits per heavy atom. The van der Waals surface area contributed by atoms with Crippen LogP contribution in [0.1, 0.15) is 34.6 Å².